The van der Waals surface area contributed by atoms with E-state index in [0.29, 0.717) is 11.8 Å². The second-order valence-electron chi connectivity index (χ2n) is 6.55. The first kappa shape index (κ1) is 19.0. The average molecular weight is 387 g/mol. The number of likely N-dealkylation sites (tertiary alicyclic amines) is 1. The summed E-state index contributed by atoms with van der Waals surface area (Å²) in [6.45, 7) is 3.78. The molecule has 2 aromatic heterocycles. The van der Waals surface area contributed by atoms with E-state index in [2.05, 4.69) is 45.2 Å². The Balaban J connectivity index is 0.00000196. The van der Waals surface area contributed by atoms with Crippen LogP contribution in [-0.2, 0) is 6.54 Å². The van der Waals surface area contributed by atoms with Crippen molar-refractivity contribution in [2.75, 3.05) is 19.6 Å². The lowest BCUT2D eigenvalue weighted by atomic mass is 9.89. The van der Waals surface area contributed by atoms with Gasteiger partial charge >= 0.3 is 0 Å². The Morgan fingerprint density at radius 3 is 2.58 bits per heavy atom. The van der Waals surface area contributed by atoms with Crippen LogP contribution < -0.4 is 5.73 Å². The highest BCUT2D eigenvalue weighted by Gasteiger charge is 2.32. The number of nitrogens with zero attached hydrogens (tertiary/aromatic N) is 3. The quantitative estimate of drug-likeness (QED) is 0.724. The van der Waals surface area contributed by atoms with Gasteiger partial charge in [-0.2, -0.15) is 0 Å². The molecule has 0 radical (unpaired) electrons. The van der Waals surface area contributed by atoms with Crippen molar-refractivity contribution in [2.45, 2.75) is 12.5 Å². The van der Waals surface area contributed by atoms with E-state index >= 15 is 0 Å². The van der Waals surface area contributed by atoms with Crippen LogP contribution in [0.25, 0.3) is 10.7 Å². The predicted octanol–water partition coefficient (Wildman–Crippen LogP) is 3.80. The minimum atomic E-state index is 0. The van der Waals surface area contributed by atoms with Crippen LogP contribution in [0.3, 0.4) is 0 Å². The van der Waals surface area contributed by atoms with Gasteiger partial charge in [0.25, 0.3) is 0 Å². The number of hydrogen-bond donors (Lipinski definition) is 1. The SMILES string of the molecule is Cl.NC[C@@H]1CN(Cc2cnc(-c3ccccn3)s2)C[C@H]1c1ccccc1. The molecular weight excluding hydrogens is 364 g/mol. The van der Waals surface area contributed by atoms with E-state index in [4.69, 9.17) is 5.73 Å². The zero-order valence-corrected chi connectivity index (χ0v) is 16.1. The Labute approximate surface area is 164 Å². The maximum Gasteiger partial charge on any atom is 0.142 e. The molecule has 1 aliphatic heterocycles. The van der Waals surface area contributed by atoms with Gasteiger partial charge in [-0.05, 0) is 30.2 Å². The third-order valence-electron chi connectivity index (χ3n) is 4.86. The van der Waals surface area contributed by atoms with Gasteiger partial charge in [-0.25, -0.2) is 4.98 Å². The molecule has 0 aliphatic carbocycles. The van der Waals surface area contributed by atoms with Gasteiger partial charge in [0.1, 0.15) is 5.01 Å². The maximum absolute atomic E-state index is 6.05. The van der Waals surface area contributed by atoms with Crippen molar-refractivity contribution in [3.63, 3.8) is 0 Å². The van der Waals surface area contributed by atoms with Crippen LogP contribution in [-0.4, -0.2) is 34.5 Å². The van der Waals surface area contributed by atoms with E-state index in [0.717, 1.165) is 36.9 Å². The molecule has 1 aliphatic rings. The Bertz CT molecular complexity index is 809. The Hall–Kier alpha value is -1.79. The van der Waals surface area contributed by atoms with Crippen LogP contribution in [0.5, 0.6) is 0 Å². The first-order chi connectivity index (χ1) is 12.3. The van der Waals surface area contributed by atoms with E-state index in [-0.39, 0.29) is 12.4 Å². The second kappa shape index (κ2) is 8.73. The van der Waals surface area contributed by atoms with Crippen LogP contribution >= 0.6 is 23.7 Å². The number of pyridine rings is 1. The van der Waals surface area contributed by atoms with E-state index in [1.807, 2.05) is 30.6 Å². The number of rotatable bonds is 5. The summed E-state index contributed by atoms with van der Waals surface area (Å²) < 4.78 is 0. The molecule has 2 atom stereocenters. The molecule has 26 heavy (non-hydrogen) atoms. The van der Waals surface area contributed by atoms with Crippen molar-refractivity contribution in [1.29, 1.82) is 0 Å². The fourth-order valence-electron chi connectivity index (χ4n) is 3.62. The molecule has 0 amide bonds. The number of thiazole rings is 1. The highest BCUT2D eigenvalue weighted by atomic mass is 35.5. The van der Waals surface area contributed by atoms with Crippen molar-refractivity contribution >= 4 is 23.7 Å². The highest BCUT2D eigenvalue weighted by Crippen LogP contribution is 2.34. The summed E-state index contributed by atoms with van der Waals surface area (Å²) in [5.41, 5.74) is 8.40. The lowest BCUT2D eigenvalue weighted by molar-refractivity contribution is 0.319. The van der Waals surface area contributed by atoms with Crippen molar-refractivity contribution in [3.8, 4) is 10.7 Å². The molecule has 3 aromatic rings. The first-order valence-corrected chi connectivity index (χ1v) is 9.48. The van der Waals surface area contributed by atoms with Crippen molar-refractivity contribution in [1.82, 2.24) is 14.9 Å². The number of benzene rings is 1. The third-order valence-corrected chi connectivity index (χ3v) is 5.87. The van der Waals surface area contributed by atoms with Gasteiger partial charge < -0.3 is 5.73 Å². The van der Waals surface area contributed by atoms with Gasteiger partial charge in [0.05, 0.1) is 5.69 Å². The van der Waals surface area contributed by atoms with Crippen LogP contribution in [0, 0.1) is 5.92 Å². The van der Waals surface area contributed by atoms with Gasteiger partial charge in [-0.15, -0.1) is 23.7 Å². The van der Waals surface area contributed by atoms with Gasteiger partial charge in [0.15, 0.2) is 0 Å². The van der Waals surface area contributed by atoms with Crippen LogP contribution in [0.2, 0.25) is 0 Å². The van der Waals surface area contributed by atoms with Crippen molar-refractivity contribution in [2.24, 2.45) is 11.7 Å². The monoisotopic (exact) mass is 386 g/mol. The molecule has 1 saturated heterocycles. The maximum atomic E-state index is 6.05. The van der Waals surface area contributed by atoms with E-state index < -0.39 is 0 Å². The first-order valence-electron chi connectivity index (χ1n) is 8.67. The fraction of sp³-hybridized carbons (Fsp3) is 0.300. The van der Waals surface area contributed by atoms with Crippen molar-refractivity contribution < 1.29 is 0 Å². The molecule has 1 aromatic carbocycles. The van der Waals surface area contributed by atoms with Gasteiger partial charge in [-0.3, -0.25) is 9.88 Å². The lowest BCUT2D eigenvalue weighted by Crippen LogP contribution is -2.22. The molecule has 0 spiro atoms. The normalized spacial score (nSPS) is 20.0. The Morgan fingerprint density at radius 1 is 1.04 bits per heavy atom. The summed E-state index contributed by atoms with van der Waals surface area (Å²) >= 11 is 1.73. The summed E-state index contributed by atoms with van der Waals surface area (Å²) in [7, 11) is 0. The van der Waals surface area contributed by atoms with Gasteiger partial charge in [-0.1, -0.05) is 36.4 Å². The summed E-state index contributed by atoms with van der Waals surface area (Å²) in [6.07, 6.45) is 3.80. The van der Waals surface area contributed by atoms with Crippen LogP contribution in [0.4, 0.5) is 0 Å². The minimum Gasteiger partial charge on any atom is -0.330 e. The molecule has 1 fully saturated rings. The zero-order chi connectivity index (χ0) is 17.1. The zero-order valence-electron chi connectivity index (χ0n) is 14.5. The molecule has 3 heterocycles. The molecule has 4 nitrogen and oxygen atoms in total. The molecule has 0 bridgehead atoms. The third kappa shape index (κ3) is 4.13. The number of hydrogen-bond acceptors (Lipinski definition) is 5. The summed E-state index contributed by atoms with van der Waals surface area (Å²) in [6, 6.07) is 16.7. The van der Waals surface area contributed by atoms with E-state index in [1.54, 1.807) is 11.3 Å². The summed E-state index contributed by atoms with van der Waals surface area (Å²) in [4.78, 5) is 12.7. The topological polar surface area (TPSA) is 55.0 Å². The molecule has 2 N–H and O–H groups in total. The lowest BCUT2D eigenvalue weighted by Gasteiger charge is -2.16. The molecule has 6 heteroatoms. The summed E-state index contributed by atoms with van der Waals surface area (Å²) in [5.74, 6) is 1.04. The molecular formula is C20H23ClN4S. The Kier molecular flexibility index (Phi) is 6.38. The average Bonchev–Trinajstić information content (AvgIpc) is 3.30. The molecule has 0 saturated carbocycles. The van der Waals surface area contributed by atoms with Crippen molar-refractivity contribution in [3.05, 3.63) is 71.4 Å². The van der Waals surface area contributed by atoms with Crippen LogP contribution in [0.1, 0.15) is 16.4 Å². The largest absolute Gasteiger partial charge is 0.330 e. The van der Waals surface area contributed by atoms with Crippen LogP contribution in [0.15, 0.2) is 60.9 Å². The second-order valence-corrected chi connectivity index (χ2v) is 7.67. The molecule has 4 rings (SSSR count). The molecule has 136 valence electrons. The number of halogens is 1. The minimum absolute atomic E-state index is 0. The van der Waals surface area contributed by atoms with E-state index in [1.165, 1.54) is 10.4 Å². The fourth-order valence-corrected chi connectivity index (χ4v) is 4.55. The van der Waals surface area contributed by atoms with E-state index in [9.17, 15) is 0 Å². The van der Waals surface area contributed by atoms with Gasteiger partial charge in [0.2, 0.25) is 0 Å². The number of nitrogens with two attached hydrogens (primary N) is 1. The highest BCUT2D eigenvalue weighted by molar-refractivity contribution is 7.14. The number of aromatic nitrogens is 2. The molecule has 0 unspecified atom stereocenters. The van der Waals surface area contributed by atoms with Gasteiger partial charge in [0, 0.05) is 42.8 Å². The predicted molar refractivity (Wildman–Crippen MR) is 110 cm³/mol. The summed E-state index contributed by atoms with van der Waals surface area (Å²) in [5, 5.41) is 0.991. The Morgan fingerprint density at radius 2 is 1.85 bits per heavy atom. The smallest absolute Gasteiger partial charge is 0.142 e. The standard InChI is InChI=1S/C20H22N4S.ClH/c21-10-16-12-24(14-18(16)15-6-2-1-3-7-15)13-17-11-23-20(25-17)19-8-4-5-9-22-19;/h1-9,11,16,18H,10,12-14,21H2;1H/t16-,18+;/m1./s1.